The molecule has 0 N–H and O–H groups in total. The fourth-order valence-electron chi connectivity index (χ4n) is 7.28. The highest BCUT2D eigenvalue weighted by Gasteiger charge is 2.40. The van der Waals surface area contributed by atoms with E-state index in [9.17, 15) is 0 Å². The minimum absolute atomic E-state index is 0.343. The van der Waals surface area contributed by atoms with Crippen LogP contribution in [0.1, 0.15) is 0 Å². The van der Waals surface area contributed by atoms with Crippen LogP contribution in [-0.4, -0.2) is 26.1 Å². The molecule has 2 aliphatic heterocycles. The van der Waals surface area contributed by atoms with E-state index in [2.05, 4.69) is 86.4 Å². The van der Waals surface area contributed by atoms with Crippen molar-refractivity contribution in [3.8, 4) is 0 Å². The van der Waals surface area contributed by atoms with Gasteiger partial charge >= 0.3 is 0 Å². The maximum Gasteiger partial charge on any atom is 0.183 e. The highest BCUT2D eigenvalue weighted by atomic mass is 35.5. The van der Waals surface area contributed by atoms with E-state index >= 15 is 0 Å². The molecule has 0 saturated carbocycles. The molecule has 10 rings (SSSR count). The van der Waals surface area contributed by atoms with Crippen molar-refractivity contribution < 1.29 is 0 Å². The van der Waals surface area contributed by atoms with Crippen molar-refractivity contribution in [2.75, 3.05) is 19.6 Å². The van der Waals surface area contributed by atoms with Crippen LogP contribution in [0.15, 0.2) is 182 Å². The van der Waals surface area contributed by atoms with E-state index in [4.69, 9.17) is 43.1 Å². The standard InChI is InChI=1S/C45H30Cl2N8/c46-30-24-26-36-38(28-30)50-44-42(48-36)52(32-14-5-1-6-15-32)40(54(44)34-18-9-3-10-19-34)22-13-23-41-53(33-16-7-2-8-17-33)43-45(55(41)35-20-11-4-12-21-35)51-39-29-31(47)25-27-37(39)49-43/h1-29,40H/b22-13+,41-23-. The first kappa shape index (κ1) is 32.9. The first-order valence-corrected chi connectivity index (χ1v) is 18.6. The minimum Gasteiger partial charge on any atom is -0.298 e. The number of hydrogen-bond donors (Lipinski definition) is 0. The summed E-state index contributed by atoms with van der Waals surface area (Å²) in [6, 6.07) is 52.3. The van der Waals surface area contributed by atoms with Gasteiger partial charge in [0.1, 0.15) is 12.0 Å². The van der Waals surface area contributed by atoms with Gasteiger partial charge in [0.25, 0.3) is 0 Å². The van der Waals surface area contributed by atoms with Crippen molar-refractivity contribution in [1.29, 1.82) is 0 Å². The van der Waals surface area contributed by atoms with E-state index in [1.165, 1.54) is 0 Å². The van der Waals surface area contributed by atoms with Gasteiger partial charge < -0.3 is 0 Å². The molecule has 1 atom stereocenters. The first-order chi connectivity index (χ1) is 27.1. The molecule has 0 spiro atoms. The van der Waals surface area contributed by atoms with Crippen LogP contribution in [0.4, 0.5) is 46.0 Å². The summed E-state index contributed by atoms with van der Waals surface area (Å²) in [6.07, 6.45) is 6.06. The molecule has 0 amide bonds. The van der Waals surface area contributed by atoms with Crippen molar-refractivity contribution >= 4 is 91.3 Å². The van der Waals surface area contributed by atoms with Gasteiger partial charge in [0.2, 0.25) is 0 Å². The van der Waals surface area contributed by atoms with Gasteiger partial charge in [-0.3, -0.25) is 19.6 Å². The van der Waals surface area contributed by atoms with E-state index < -0.39 is 0 Å². The summed E-state index contributed by atoms with van der Waals surface area (Å²) < 4.78 is 0. The molecule has 8 aromatic rings. The fraction of sp³-hybridized carbons (Fsp3) is 0.0222. The smallest absolute Gasteiger partial charge is 0.183 e. The Morgan fingerprint density at radius 2 is 0.800 bits per heavy atom. The average Bonchev–Trinajstić information content (AvgIpc) is 3.71. The Balaban J connectivity index is 1.17. The SMILES string of the molecule is Clc1ccc2nc3c(nc2c1)N(c1ccccc1)/C(=C\C=C\C1N(c2ccccc2)c2nc4ccc(Cl)cc4nc2N1c1ccccc1)N3c1ccccc1. The van der Waals surface area contributed by atoms with Gasteiger partial charge in [-0.2, -0.15) is 0 Å². The number of hydrogen-bond acceptors (Lipinski definition) is 8. The first-order valence-electron chi connectivity index (χ1n) is 17.8. The van der Waals surface area contributed by atoms with Crippen LogP contribution < -0.4 is 19.6 Å². The van der Waals surface area contributed by atoms with Gasteiger partial charge in [-0.1, -0.05) is 102 Å². The number of allylic oxidation sites excluding steroid dienone is 2. The second-order valence-corrected chi connectivity index (χ2v) is 14.0. The Bertz CT molecular complexity index is 2760. The van der Waals surface area contributed by atoms with Gasteiger partial charge in [0.05, 0.1) is 22.1 Å². The number of benzene rings is 6. The lowest BCUT2D eigenvalue weighted by Crippen LogP contribution is -2.36. The maximum absolute atomic E-state index is 6.46. The van der Waals surface area contributed by atoms with Gasteiger partial charge in [-0.05, 0) is 97.1 Å². The lowest BCUT2D eigenvalue weighted by atomic mass is 10.2. The molecular formula is C45H30Cl2N8. The second kappa shape index (κ2) is 13.6. The third-order valence-corrected chi connectivity index (χ3v) is 10.1. The molecule has 4 heterocycles. The van der Waals surface area contributed by atoms with Crippen LogP contribution in [0.25, 0.3) is 22.1 Å². The van der Waals surface area contributed by atoms with Crippen molar-refractivity contribution in [2.24, 2.45) is 0 Å². The van der Waals surface area contributed by atoms with Crippen molar-refractivity contribution in [3.05, 3.63) is 192 Å². The molecule has 0 bridgehead atoms. The van der Waals surface area contributed by atoms with Gasteiger partial charge in [0, 0.05) is 32.8 Å². The molecule has 55 heavy (non-hydrogen) atoms. The lowest BCUT2D eigenvalue weighted by molar-refractivity contribution is 0.825. The van der Waals surface area contributed by atoms with Crippen molar-refractivity contribution in [1.82, 2.24) is 19.9 Å². The summed E-state index contributed by atoms with van der Waals surface area (Å²) in [7, 11) is 0. The maximum atomic E-state index is 6.46. The number of halogens is 2. The molecule has 8 nitrogen and oxygen atoms in total. The molecule has 1 unspecified atom stereocenters. The van der Waals surface area contributed by atoms with Crippen LogP contribution in [-0.2, 0) is 0 Å². The number of para-hydroxylation sites is 4. The van der Waals surface area contributed by atoms with E-state index in [1.807, 2.05) is 109 Å². The molecule has 0 aliphatic carbocycles. The Hall–Kier alpha value is -6.74. The number of anilines is 8. The molecule has 0 fully saturated rings. The molecule has 2 aromatic heterocycles. The van der Waals surface area contributed by atoms with Crippen LogP contribution >= 0.6 is 23.2 Å². The molecule has 6 aromatic carbocycles. The van der Waals surface area contributed by atoms with E-state index in [1.54, 1.807) is 0 Å². The zero-order valence-corrected chi connectivity index (χ0v) is 30.7. The van der Waals surface area contributed by atoms with Gasteiger partial charge in [0.15, 0.2) is 23.3 Å². The quantitative estimate of drug-likeness (QED) is 0.166. The van der Waals surface area contributed by atoms with E-state index in [0.717, 1.165) is 56.8 Å². The number of fused-ring (bicyclic) bond motifs is 4. The normalized spacial score (nSPS) is 15.8. The Labute approximate surface area is 327 Å². The number of nitrogens with zero attached hydrogens (tertiary/aromatic N) is 8. The summed E-state index contributed by atoms with van der Waals surface area (Å²) >= 11 is 12.9. The molecule has 0 saturated heterocycles. The second-order valence-electron chi connectivity index (χ2n) is 13.1. The highest BCUT2D eigenvalue weighted by molar-refractivity contribution is 6.31. The monoisotopic (exact) mass is 752 g/mol. The molecule has 0 radical (unpaired) electrons. The van der Waals surface area contributed by atoms with E-state index in [-0.39, 0.29) is 6.17 Å². The van der Waals surface area contributed by atoms with Crippen molar-refractivity contribution in [3.63, 3.8) is 0 Å². The average molecular weight is 754 g/mol. The number of rotatable bonds is 6. The summed E-state index contributed by atoms with van der Waals surface area (Å²) in [6.45, 7) is 0. The summed E-state index contributed by atoms with van der Waals surface area (Å²) in [5.74, 6) is 3.75. The largest absolute Gasteiger partial charge is 0.298 e. The van der Waals surface area contributed by atoms with Gasteiger partial charge in [-0.15, -0.1) is 0 Å². The van der Waals surface area contributed by atoms with Gasteiger partial charge in [-0.25, -0.2) is 19.9 Å². The fourth-order valence-corrected chi connectivity index (χ4v) is 7.61. The Kier molecular flexibility index (Phi) is 8.12. The zero-order valence-electron chi connectivity index (χ0n) is 29.2. The number of aromatic nitrogens is 4. The lowest BCUT2D eigenvalue weighted by Gasteiger charge is -2.30. The zero-order chi connectivity index (χ0) is 36.9. The molecule has 10 heteroatoms. The van der Waals surface area contributed by atoms with Crippen LogP contribution in [0.3, 0.4) is 0 Å². The molecular weight excluding hydrogens is 723 g/mol. The van der Waals surface area contributed by atoms with Crippen LogP contribution in [0.5, 0.6) is 0 Å². The topological polar surface area (TPSA) is 64.5 Å². The molecule has 264 valence electrons. The van der Waals surface area contributed by atoms with Crippen molar-refractivity contribution in [2.45, 2.75) is 6.17 Å². The van der Waals surface area contributed by atoms with Crippen LogP contribution in [0.2, 0.25) is 10.0 Å². The Morgan fingerprint density at radius 1 is 0.418 bits per heavy atom. The summed E-state index contributed by atoms with van der Waals surface area (Å²) in [5, 5.41) is 1.21. The predicted molar refractivity (Wildman–Crippen MR) is 224 cm³/mol. The predicted octanol–water partition coefficient (Wildman–Crippen LogP) is 11.9. The minimum atomic E-state index is -0.343. The summed E-state index contributed by atoms with van der Waals surface area (Å²) in [4.78, 5) is 29.5. The Morgan fingerprint density at radius 3 is 1.25 bits per heavy atom. The third kappa shape index (κ3) is 5.79. The summed E-state index contributed by atoms with van der Waals surface area (Å²) in [5.41, 5.74) is 6.81. The third-order valence-electron chi connectivity index (χ3n) is 9.67. The van der Waals surface area contributed by atoms with E-state index in [0.29, 0.717) is 27.2 Å². The molecule has 2 aliphatic rings. The highest BCUT2D eigenvalue weighted by Crippen LogP contribution is 2.49. The van der Waals surface area contributed by atoms with Crippen LogP contribution in [0, 0.1) is 0 Å².